The highest BCUT2D eigenvalue weighted by molar-refractivity contribution is 7.99. The lowest BCUT2D eigenvalue weighted by Crippen LogP contribution is -2.14. The minimum atomic E-state index is -0.322. The van der Waals surface area contributed by atoms with Crippen molar-refractivity contribution in [3.05, 3.63) is 35.1 Å². The quantitative estimate of drug-likeness (QED) is 0.555. The van der Waals surface area contributed by atoms with E-state index in [9.17, 15) is 4.79 Å². The Morgan fingerprint density at radius 1 is 1.29 bits per heavy atom. The lowest BCUT2D eigenvalue weighted by Gasteiger charge is -2.14. The largest absolute Gasteiger partial charge is 0.497 e. The molecule has 11 heteroatoms. The SMILES string of the molecule is COc1cccc(OC(C)c2nnc(SCC(=O)Nc3nnc(C)s3)n2C)c1. The number of nitrogens with zero attached hydrogens (tertiary/aromatic N) is 5. The Balaban J connectivity index is 1.58. The van der Waals surface area contributed by atoms with Gasteiger partial charge in [-0.15, -0.1) is 20.4 Å². The summed E-state index contributed by atoms with van der Waals surface area (Å²) >= 11 is 2.62. The van der Waals surface area contributed by atoms with E-state index < -0.39 is 0 Å². The van der Waals surface area contributed by atoms with Crippen LogP contribution in [-0.4, -0.2) is 43.7 Å². The highest BCUT2D eigenvalue weighted by Crippen LogP contribution is 2.26. The van der Waals surface area contributed by atoms with E-state index in [4.69, 9.17) is 9.47 Å². The first kappa shape index (κ1) is 20.1. The summed E-state index contributed by atoms with van der Waals surface area (Å²) in [6, 6.07) is 7.37. The van der Waals surface area contributed by atoms with Gasteiger partial charge < -0.3 is 14.0 Å². The van der Waals surface area contributed by atoms with Crippen molar-refractivity contribution < 1.29 is 14.3 Å². The van der Waals surface area contributed by atoms with Crippen molar-refractivity contribution in [2.75, 3.05) is 18.2 Å². The molecule has 3 aromatic rings. The molecule has 2 aromatic heterocycles. The van der Waals surface area contributed by atoms with Crippen LogP contribution in [0.15, 0.2) is 29.4 Å². The zero-order valence-electron chi connectivity index (χ0n) is 15.9. The molecule has 0 radical (unpaired) electrons. The molecule has 28 heavy (non-hydrogen) atoms. The second-order valence-corrected chi connectivity index (χ2v) is 7.93. The lowest BCUT2D eigenvalue weighted by atomic mass is 10.3. The number of anilines is 1. The summed E-state index contributed by atoms with van der Waals surface area (Å²) in [5.41, 5.74) is 0. The van der Waals surface area contributed by atoms with E-state index >= 15 is 0 Å². The van der Waals surface area contributed by atoms with Crippen LogP contribution in [0.3, 0.4) is 0 Å². The molecule has 0 saturated heterocycles. The van der Waals surface area contributed by atoms with E-state index in [2.05, 4.69) is 25.7 Å². The fourth-order valence-corrected chi connectivity index (χ4v) is 3.70. The van der Waals surface area contributed by atoms with Gasteiger partial charge in [-0.05, 0) is 26.0 Å². The van der Waals surface area contributed by atoms with Gasteiger partial charge in [-0.3, -0.25) is 10.1 Å². The molecule has 0 aliphatic carbocycles. The first-order chi connectivity index (χ1) is 13.5. The average Bonchev–Trinajstić information content (AvgIpc) is 3.25. The van der Waals surface area contributed by atoms with Crippen molar-refractivity contribution >= 4 is 34.1 Å². The first-order valence-electron chi connectivity index (χ1n) is 8.39. The molecule has 148 valence electrons. The van der Waals surface area contributed by atoms with Gasteiger partial charge in [0.05, 0.1) is 12.9 Å². The molecule has 9 nitrogen and oxygen atoms in total. The third kappa shape index (κ3) is 4.98. The molecule has 0 aliphatic heterocycles. The lowest BCUT2D eigenvalue weighted by molar-refractivity contribution is -0.113. The Morgan fingerprint density at radius 2 is 2.07 bits per heavy atom. The van der Waals surface area contributed by atoms with Crippen LogP contribution in [-0.2, 0) is 11.8 Å². The van der Waals surface area contributed by atoms with E-state index in [1.54, 1.807) is 7.11 Å². The Morgan fingerprint density at radius 3 is 2.79 bits per heavy atom. The van der Waals surface area contributed by atoms with Gasteiger partial charge in [0, 0.05) is 13.1 Å². The van der Waals surface area contributed by atoms with Gasteiger partial charge >= 0.3 is 0 Å². The number of rotatable bonds is 8. The predicted molar refractivity (Wildman–Crippen MR) is 107 cm³/mol. The number of hydrogen-bond acceptors (Lipinski definition) is 9. The number of benzene rings is 1. The van der Waals surface area contributed by atoms with Crippen LogP contribution in [0, 0.1) is 6.92 Å². The van der Waals surface area contributed by atoms with E-state index in [0.717, 1.165) is 10.8 Å². The summed E-state index contributed by atoms with van der Waals surface area (Å²) in [6.45, 7) is 3.72. The minimum absolute atomic E-state index is 0.175. The third-order valence-electron chi connectivity index (χ3n) is 3.69. The number of amides is 1. The summed E-state index contributed by atoms with van der Waals surface area (Å²) < 4.78 is 13.0. The smallest absolute Gasteiger partial charge is 0.236 e. The van der Waals surface area contributed by atoms with Gasteiger partial charge in [0.15, 0.2) is 17.1 Å². The second kappa shape index (κ2) is 9.02. The van der Waals surface area contributed by atoms with E-state index in [-0.39, 0.29) is 17.8 Å². The van der Waals surface area contributed by atoms with E-state index in [1.807, 2.05) is 49.7 Å². The van der Waals surface area contributed by atoms with Crippen molar-refractivity contribution in [3.63, 3.8) is 0 Å². The number of thioether (sulfide) groups is 1. The van der Waals surface area contributed by atoms with Crippen LogP contribution >= 0.6 is 23.1 Å². The highest BCUT2D eigenvalue weighted by Gasteiger charge is 2.18. The number of carbonyl (C=O) groups excluding carboxylic acids is 1. The van der Waals surface area contributed by atoms with E-state index in [0.29, 0.717) is 21.9 Å². The molecule has 1 aromatic carbocycles. The molecular weight excluding hydrogens is 400 g/mol. The number of ether oxygens (including phenoxy) is 2. The van der Waals surface area contributed by atoms with Gasteiger partial charge in [-0.1, -0.05) is 29.2 Å². The first-order valence-corrected chi connectivity index (χ1v) is 10.2. The number of aromatic nitrogens is 5. The number of aryl methyl sites for hydroxylation is 1. The minimum Gasteiger partial charge on any atom is -0.497 e. The van der Waals surface area contributed by atoms with Crippen molar-refractivity contribution in [2.24, 2.45) is 7.05 Å². The van der Waals surface area contributed by atoms with Crippen LogP contribution in [0.1, 0.15) is 23.9 Å². The number of carbonyl (C=O) groups is 1. The highest BCUT2D eigenvalue weighted by atomic mass is 32.2. The fraction of sp³-hybridized carbons (Fsp3) is 0.353. The predicted octanol–water partition coefficient (Wildman–Crippen LogP) is 2.85. The molecule has 3 rings (SSSR count). The Labute approximate surface area is 170 Å². The molecule has 0 aliphatic rings. The van der Waals surface area contributed by atoms with E-state index in [1.165, 1.54) is 23.1 Å². The van der Waals surface area contributed by atoms with Gasteiger partial charge in [0.25, 0.3) is 0 Å². The van der Waals surface area contributed by atoms with Crippen molar-refractivity contribution in [3.8, 4) is 11.5 Å². The molecule has 1 unspecified atom stereocenters. The molecule has 0 spiro atoms. The molecule has 1 atom stereocenters. The average molecular weight is 421 g/mol. The maximum atomic E-state index is 12.1. The van der Waals surface area contributed by atoms with Crippen LogP contribution < -0.4 is 14.8 Å². The van der Waals surface area contributed by atoms with Crippen molar-refractivity contribution in [1.29, 1.82) is 0 Å². The van der Waals surface area contributed by atoms with Gasteiger partial charge in [0.1, 0.15) is 16.5 Å². The number of nitrogens with one attached hydrogen (secondary N) is 1. The number of hydrogen-bond donors (Lipinski definition) is 1. The zero-order valence-corrected chi connectivity index (χ0v) is 17.5. The maximum absolute atomic E-state index is 12.1. The summed E-state index contributed by atoms with van der Waals surface area (Å²) in [7, 11) is 3.45. The standard InChI is InChI=1S/C17H20N6O3S2/c1-10(26-13-7-5-6-12(8-13)25-4)15-20-22-17(23(15)3)27-9-14(24)18-16-21-19-11(2)28-16/h5-8,10H,9H2,1-4H3,(H,18,21,24). The van der Waals surface area contributed by atoms with Gasteiger partial charge in [-0.25, -0.2) is 0 Å². The molecule has 1 N–H and O–H groups in total. The Hall–Kier alpha value is -2.66. The van der Waals surface area contributed by atoms with Gasteiger partial charge in [-0.2, -0.15) is 0 Å². The molecule has 2 heterocycles. The van der Waals surface area contributed by atoms with Gasteiger partial charge in [0.2, 0.25) is 11.0 Å². The van der Waals surface area contributed by atoms with Crippen molar-refractivity contribution in [2.45, 2.75) is 25.1 Å². The molecule has 0 bridgehead atoms. The van der Waals surface area contributed by atoms with Crippen LogP contribution in [0.2, 0.25) is 0 Å². The summed E-state index contributed by atoms with van der Waals surface area (Å²) in [5.74, 6) is 2.07. The Kier molecular flexibility index (Phi) is 6.47. The van der Waals surface area contributed by atoms with Crippen LogP contribution in [0.4, 0.5) is 5.13 Å². The monoisotopic (exact) mass is 420 g/mol. The fourth-order valence-electron chi connectivity index (χ4n) is 2.37. The van der Waals surface area contributed by atoms with Crippen LogP contribution in [0.25, 0.3) is 0 Å². The third-order valence-corrected chi connectivity index (χ3v) is 5.47. The summed E-state index contributed by atoms with van der Waals surface area (Å²) in [4.78, 5) is 12.1. The second-order valence-electron chi connectivity index (χ2n) is 5.80. The van der Waals surface area contributed by atoms with Crippen LogP contribution in [0.5, 0.6) is 11.5 Å². The summed E-state index contributed by atoms with van der Waals surface area (Å²) in [6.07, 6.45) is -0.322. The number of methoxy groups -OCH3 is 1. The Bertz CT molecular complexity index is 958. The van der Waals surface area contributed by atoms with Crippen molar-refractivity contribution in [1.82, 2.24) is 25.0 Å². The molecule has 1 amide bonds. The molecular formula is C17H20N6O3S2. The molecule has 0 fully saturated rings. The normalized spacial score (nSPS) is 11.9. The maximum Gasteiger partial charge on any atom is 0.236 e. The summed E-state index contributed by atoms with van der Waals surface area (Å²) in [5, 5.41) is 20.7. The zero-order chi connectivity index (χ0) is 20.1. The molecule has 0 saturated carbocycles. The topological polar surface area (TPSA) is 104 Å².